The lowest BCUT2D eigenvalue weighted by molar-refractivity contribution is 0.0436. The van der Waals surface area contributed by atoms with Crippen LogP contribution in [0.2, 0.25) is 0 Å². The number of benzene rings is 2. The SMILES string of the molecule is O=C(OCc1nc2ccccc2s1)c1cc(=O)c2ccccc2o1. The fraction of sp³-hybridized carbons (Fsp3) is 0.0556. The molecule has 0 aliphatic rings. The van der Waals surface area contributed by atoms with E-state index in [4.69, 9.17) is 9.15 Å². The van der Waals surface area contributed by atoms with Crippen LogP contribution < -0.4 is 5.43 Å². The Morgan fingerprint density at radius 3 is 2.79 bits per heavy atom. The van der Waals surface area contributed by atoms with Crippen LogP contribution in [0.5, 0.6) is 0 Å². The molecule has 0 amide bonds. The van der Waals surface area contributed by atoms with Gasteiger partial charge in [-0.1, -0.05) is 24.3 Å². The van der Waals surface area contributed by atoms with Crippen molar-refractivity contribution in [1.82, 2.24) is 4.98 Å². The number of esters is 1. The smallest absolute Gasteiger partial charge is 0.374 e. The normalized spacial score (nSPS) is 11.0. The Morgan fingerprint density at radius 1 is 1.12 bits per heavy atom. The Labute approximate surface area is 140 Å². The summed E-state index contributed by atoms with van der Waals surface area (Å²) < 4.78 is 11.7. The molecule has 5 nitrogen and oxygen atoms in total. The predicted molar refractivity (Wildman–Crippen MR) is 91.2 cm³/mol. The molecule has 0 spiro atoms. The highest BCUT2D eigenvalue weighted by Gasteiger charge is 2.15. The summed E-state index contributed by atoms with van der Waals surface area (Å²) in [4.78, 5) is 28.6. The molecule has 6 heteroatoms. The molecule has 2 heterocycles. The molecule has 0 fully saturated rings. The van der Waals surface area contributed by atoms with Gasteiger partial charge in [0.25, 0.3) is 0 Å². The van der Waals surface area contributed by atoms with Crippen molar-refractivity contribution < 1.29 is 13.9 Å². The van der Waals surface area contributed by atoms with Crippen LogP contribution in [0.4, 0.5) is 0 Å². The standard InChI is InChI=1S/C18H11NO4S/c20-13-9-15(23-14-7-3-1-5-11(13)14)18(21)22-10-17-19-12-6-2-4-8-16(12)24-17/h1-9H,10H2. The molecule has 118 valence electrons. The van der Waals surface area contributed by atoms with E-state index in [-0.39, 0.29) is 17.8 Å². The molecule has 0 atom stereocenters. The van der Waals surface area contributed by atoms with E-state index in [1.54, 1.807) is 24.3 Å². The minimum atomic E-state index is -0.683. The largest absolute Gasteiger partial charge is 0.452 e. The first kappa shape index (κ1) is 14.6. The fourth-order valence-electron chi connectivity index (χ4n) is 2.38. The summed E-state index contributed by atoms with van der Waals surface area (Å²) in [6.07, 6.45) is 0. The third-order valence-electron chi connectivity index (χ3n) is 3.50. The Morgan fingerprint density at radius 2 is 1.92 bits per heavy atom. The minimum Gasteiger partial charge on any atom is -0.452 e. The maximum absolute atomic E-state index is 12.2. The van der Waals surface area contributed by atoms with Crippen LogP contribution in [0.1, 0.15) is 15.6 Å². The predicted octanol–water partition coefficient (Wildman–Crippen LogP) is 3.76. The van der Waals surface area contributed by atoms with E-state index in [1.165, 1.54) is 11.3 Å². The van der Waals surface area contributed by atoms with E-state index in [9.17, 15) is 9.59 Å². The summed E-state index contributed by atoms with van der Waals surface area (Å²) in [7, 11) is 0. The average Bonchev–Trinajstić information content (AvgIpc) is 3.02. The summed E-state index contributed by atoms with van der Waals surface area (Å²) in [6.45, 7) is 0.0364. The lowest BCUT2D eigenvalue weighted by atomic mass is 10.2. The summed E-state index contributed by atoms with van der Waals surface area (Å²) in [5, 5.41) is 1.12. The van der Waals surface area contributed by atoms with Crippen LogP contribution >= 0.6 is 11.3 Å². The van der Waals surface area contributed by atoms with Crippen LogP contribution in [-0.4, -0.2) is 11.0 Å². The molecule has 4 aromatic rings. The van der Waals surface area contributed by atoms with Gasteiger partial charge in [-0.15, -0.1) is 11.3 Å². The highest BCUT2D eigenvalue weighted by molar-refractivity contribution is 7.18. The topological polar surface area (TPSA) is 69.4 Å². The quantitative estimate of drug-likeness (QED) is 0.532. The zero-order valence-corrected chi connectivity index (χ0v) is 13.2. The average molecular weight is 337 g/mol. The van der Waals surface area contributed by atoms with Gasteiger partial charge in [0.2, 0.25) is 5.76 Å². The molecule has 4 rings (SSSR count). The first-order valence-corrected chi connectivity index (χ1v) is 8.07. The van der Waals surface area contributed by atoms with Crippen molar-refractivity contribution in [3.63, 3.8) is 0 Å². The number of nitrogens with zero attached hydrogens (tertiary/aromatic N) is 1. The first-order chi connectivity index (χ1) is 11.7. The van der Waals surface area contributed by atoms with Gasteiger partial charge in [-0.2, -0.15) is 0 Å². The van der Waals surface area contributed by atoms with Gasteiger partial charge in [-0.05, 0) is 24.3 Å². The number of hydrogen-bond acceptors (Lipinski definition) is 6. The van der Waals surface area contributed by atoms with Gasteiger partial charge < -0.3 is 9.15 Å². The number of rotatable bonds is 3. The lowest BCUT2D eigenvalue weighted by Gasteiger charge is -2.03. The number of para-hydroxylation sites is 2. The first-order valence-electron chi connectivity index (χ1n) is 7.25. The van der Waals surface area contributed by atoms with Crippen LogP contribution in [0.25, 0.3) is 21.2 Å². The van der Waals surface area contributed by atoms with Crippen molar-refractivity contribution in [2.75, 3.05) is 0 Å². The molecular formula is C18H11NO4S. The Bertz CT molecular complexity index is 1080. The maximum atomic E-state index is 12.2. The van der Waals surface area contributed by atoms with Crippen LogP contribution in [0, 0.1) is 0 Å². The highest BCUT2D eigenvalue weighted by atomic mass is 32.1. The van der Waals surface area contributed by atoms with Crippen molar-refractivity contribution >= 4 is 38.5 Å². The zero-order valence-electron chi connectivity index (χ0n) is 12.4. The molecule has 0 unspecified atom stereocenters. The number of aromatic nitrogens is 1. The van der Waals surface area contributed by atoms with Crippen molar-refractivity contribution in [2.24, 2.45) is 0 Å². The number of thiazole rings is 1. The second-order valence-corrected chi connectivity index (χ2v) is 6.24. The molecule has 24 heavy (non-hydrogen) atoms. The molecule has 2 aromatic heterocycles. The molecular weight excluding hydrogens is 326 g/mol. The van der Waals surface area contributed by atoms with Crippen LogP contribution in [-0.2, 0) is 11.3 Å². The highest BCUT2D eigenvalue weighted by Crippen LogP contribution is 2.22. The third kappa shape index (κ3) is 2.68. The number of carbonyl (C=O) groups is 1. The minimum absolute atomic E-state index is 0.0364. The molecule has 0 N–H and O–H groups in total. The lowest BCUT2D eigenvalue weighted by Crippen LogP contribution is -2.10. The molecule has 0 aliphatic heterocycles. The summed E-state index contributed by atoms with van der Waals surface area (Å²) in [6, 6.07) is 15.6. The molecule has 0 aliphatic carbocycles. The van der Waals surface area contributed by atoms with Gasteiger partial charge in [0.15, 0.2) is 5.43 Å². The van der Waals surface area contributed by atoms with E-state index >= 15 is 0 Å². The number of hydrogen-bond donors (Lipinski definition) is 0. The Balaban J connectivity index is 1.56. The van der Waals surface area contributed by atoms with Crippen LogP contribution in [0.3, 0.4) is 0 Å². The number of carbonyl (C=O) groups excluding carboxylic acids is 1. The van der Waals surface area contributed by atoms with Crippen molar-refractivity contribution in [3.8, 4) is 0 Å². The fourth-order valence-corrected chi connectivity index (χ4v) is 3.27. The van der Waals surface area contributed by atoms with E-state index in [0.717, 1.165) is 16.3 Å². The molecule has 2 aromatic carbocycles. The molecule has 0 saturated heterocycles. The monoisotopic (exact) mass is 337 g/mol. The van der Waals surface area contributed by atoms with Crippen molar-refractivity contribution in [2.45, 2.75) is 6.61 Å². The van der Waals surface area contributed by atoms with E-state index in [2.05, 4.69) is 4.98 Å². The van der Waals surface area contributed by atoms with E-state index in [1.807, 2.05) is 24.3 Å². The van der Waals surface area contributed by atoms with E-state index in [0.29, 0.717) is 16.0 Å². The Hall–Kier alpha value is -2.99. The summed E-state index contributed by atoms with van der Waals surface area (Å²) >= 11 is 1.46. The van der Waals surface area contributed by atoms with Gasteiger partial charge >= 0.3 is 5.97 Å². The van der Waals surface area contributed by atoms with Gasteiger partial charge in [0, 0.05) is 6.07 Å². The number of ether oxygens (including phenoxy) is 1. The molecule has 0 saturated carbocycles. The molecule has 0 radical (unpaired) electrons. The second kappa shape index (κ2) is 5.90. The maximum Gasteiger partial charge on any atom is 0.374 e. The van der Waals surface area contributed by atoms with Crippen molar-refractivity contribution in [1.29, 1.82) is 0 Å². The van der Waals surface area contributed by atoms with Crippen molar-refractivity contribution in [3.05, 3.63) is 75.6 Å². The summed E-state index contributed by atoms with van der Waals surface area (Å²) in [5.74, 6) is -0.795. The van der Waals surface area contributed by atoms with Gasteiger partial charge in [0.05, 0.1) is 15.6 Å². The second-order valence-electron chi connectivity index (χ2n) is 5.12. The zero-order chi connectivity index (χ0) is 16.5. The van der Waals surface area contributed by atoms with Gasteiger partial charge in [-0.25, -0.2) is 9.78 Å². The van der Waals surface area contributed by atoms with Gasteiger partial charge in [0.1, 0.15) is 17.2 Å². The van der Waals surface area contributed by atoms with E-state index < -0.39 is 5.97 Å². The molecule has 0 bridgehead atoms. The number of fused-ring (bicyclic) bond motifs is 2. The third-order valence-corrected chi connectivity index (χ3v) is 4.51. The van der Waals surface area contributed by atoms with Gasteiger partial charge in [-0.3, -0.25) is 4.79 Å². The van der Waals surface area contributed by atoms with Crippen LogP contribution in [0.15, 0.2) is 63.8 Å². The summed E-state index contributed by atoms with van der Waals surface area (Å²) in [5.41, 5.74) is 0.950. The Kier molecular flexibility index (Phi) is 3.59.